The minimum atomic E-state index is -0.00484. The van der Waals surface area contributed by atoms with Crippen molar-refractivity contribution in [3.63, 3.8) is 0 Å². The molecule has 1 saturated heterocycles. The van der Waals surface area contributed by atoms with Gasteiger partial charge in [-0.15, -0.1) is 10.2 Å². The van der Waals surface area contributed by atoms with Crippen molar-refractivity contribution in [2.75, 3.05) is 29.1 Å². The molecule has 0 radical (unpaired) electrons. The van der Waals surface area contributed by atoms with Gasteiger partial charge in [0, 0.05) is 30.5 Å². The number of rotatable bonds is 6. The summed E-state index contributed by atoms with van der Waals surface area (Å²) in [5.41, 5.74) is 2.08. The van der Waals surface area contributed by atoms with Gasteiger partial charge >= 0.3 is 0 Å². The lowest BCUT2D eigenvalue weighted by Gasteiger charge is -2.24. The van der Waals surface area contributed by atoms with Crippen LogP contribution in [0.3, 0.4) is 0 Å². The predicted molar refractivity (Wildman–Crippen MR) is 114 cm³/mol. The summed E-state index contributed by atoms with van der Waals surface area (Å²) in [7, 11) is 0. The van der Waals surface area contributed by atoms with E-state index < -0.39 is 0 Å². The van der Waals surface area contributed by atoms with Crippen molar-refractivity contribution >= 4 is 29.0 Å². The van der Waals surface area contributed by atoms with Crippen LogP contribution in [0.25, 0.3) is 0 Å². The maximum absolute atomic E-state index is 12.4. The molecule has 4 rings (SSSR count). The number of carbonyl (C=O) groups is 1. The lowest BCUT2D eigenvalue weighted by atomic mass is 9.95. The number of hydrogen-bond acceptors (Lipinski definition) is 5. The van der Waals surface area contributed by atoms with E-state index in [4.69, 9.17) is 0 Å². The van der Waals surface area contributed by atoms with Crippen molar-refractivity contribution in [2.45, 2.75) is 63.1 Å². The van der Waals surface area contributed by atoms with Crippen molar-refractivity contribution in [1.82, 2.24) is 14.8 Å². The monoisotopic (exact) mass is 399 g/mol. The number of anilines is 2. The molecule has 28 heavy (non-hydrogen) atoms. The van der Waals surface area contributed by atoms with Gasteiger partial charge in [0.15, 0.2) is 5.16 Å². The van der Waals surface area contributed by atoms with Crippen LogP contribution in [0.1, 0.15) is 56.8 Å². The van der Waals surface area contributed by atoms with Crippen molar-refractivity contribution in [2.24, 2.45) is 0 Å². The second kappa shape index (κ2) is 8.99. The number of aryl methyl sites for hydroxylation is 1. The first-order valence-electron chi connectivity index (χ1n) is 10.4. The molecule has 2 aliphatic rings. The number of nitrogens with zero attached hydrogens (tertiary/aromatic N) is 4. The lowest BCUT2D eigenvalue weighted by Crippen LogP contribution is -2.18. The van der Waals surface area contributed by atoms with E-state index in [0.717, 1.165) is 29.8 Å². The van der Waals surface area contributed by atoms with Crippen LogP contribution in [0.15, 0.2) is 29.4 Å². The van der Waals surface area contributed by atoms with Gasteiger partial charge in [-0.25, -0.2) is 0 Å². The molecule has 7 heteroatoms. The van der Waals surface area contributed by atoms with Gasteiger partial charge in [0.1, 0.15) is 5.82 Å². The van der Waals surface area contributed by atoms with Crippen LogP contribution in [0.4, 0.5) is 11.4 Å². The van der Waals surface area contributed by atoms with Gasteiger partial charge in [-0.2, -0.15) is 0 Å². The first kappa shape index (κ1) is 19.3. The van der Waals surface area contributed by atoms with Crippen molar-refractivity contribution in [1.29, 1.82) is 0 Å². The smallest absolute Gasteiger partial charge is 0.234 e. The number of aromatic nitrogens is 3. The molecule has 1 aromatic carbocycles. The topological polar surface area (TPSA) is 63.1 Å². The molecule has 1 aliphatic heterocycles. The van der Waals surface area contributed by atoms with Crippen LogP contribution in [-0.2, 0) is 4.79 Å². The highest BCUT2D eigenvalue weighted by molar-refractivity contribution is 7.99. The van der Waals surface area contributed by atoms with Gasteiger partial charge in [-0.1, -0.05) is 31.0 Å². The van der Waals surface area contributed by atoms with Crippen LogP contribution in [0.5, 0.6) is 0 Å². The Labute approximate surface area is 171 Å². The summed E-state index contributed by atoms with van der Waals surface area (Å²) >= 11 is 1.48. The Morgan fingerprint density at radius 2 is 1.79 bits per heavy atom. The molecule has 2 fully saturated rings. The van der Waals surface area contributed by atoms with Crippen LogP contribution >= 0.6 is 11.8 Å². The molecule has 2 heterocycles. The van der Waals surface area contributed by atoms with E-state index in [1.54, 1.807) is 0 Å². The summed E-state index contributed by atoms with van der Waals surface area (Å²) in [6.07, 6.45) is 8.74. The zero-order chi connectivity index (χ0) is 19.3. The maximum Gasteiger partial charge on any atom is 0.234 e. The van der Waals surface area contributed by atoms with Gasteiger partial charge in [0.2, 0.25) is 5.91 Å². The zero-order valence-corrected chi connectivity index (χ0v) is 17.4. The average molecular weight is 400 g/mol. The molecule has 1 saturated carbocycles. The Hall–Kier alpha value is -2.02. The highest BCUT2D eigenvalue weighted by Gasteiger charge is 2.21. The molecule has 150 valence electrons. The molecule has 1 aliphatic carbocycles. The van der Waals surface area contributed by atoms with Crippen LogP contribution in [0.2, 0.25) is 0 Å². The molecule has 0 spiro atoms. The van der Waals surface area contributed by atoms with Crippen LogP contribution in [-0.4, -0.2) is 39.5 Å². The minimum absolute atomic E-state index is 0.00484. The van der Waals surface area contributed by atoms with Gasteiger partial charge in [-0.05, 0) is 56.9 Å². The molecular formula is C21H29N5OS. The van der Waals surface area contributed by atoms with E-state index in [-0.39, 0.29) is 5.91 Å². The van der Waals surface area contributed by atoms with Crippen LogP contribution < -0.4 is 10.2 Å². The van der Waals surface area contributed by atoms with E-state index in [0.29, 0.717) is 11.8 Å². The number of hydrogen-bond donors (Lipinski definition) is 1. The van der Waals surface area contributed by atoms with Crippen molar-refractivity contribution < 1.29 is 4.79 Å². The highest BCUT2D eigenvalue weighted by Crippen LogP contribution is 2.32. The second-order valence-corrected chi connectivity index (χ2v) is 8.71. The van der Waals surface area contributed by atoms with Gasteiger partial charge < -0.3 is 14.8 Å². The Kier molecular flexibility index (Phi) is 6.20. The Morgan fingerprint density at radius 1 is 1.07 bits per heavy atom. The third-order valence-electron chi connectivity index (χ3n) is 5.73. The molecule has 0 bridgehead atoms. The third kappa shape index (κ3) is 4.51. The maximum atomic E-state index is 12.4. The van der Waals surface area contributed by atoms with E-state index in [1.807, 2.05) is 19.1 Å². The Bertz CT molecular complexity index is 792. The zero-order valence-electron chi connectivity index (χ0n) is 16.6. The minimum Gasteiger partial charge on any atom is -0.372 e. The molecule has 0 atom stereocenters. The first-order chi connectivity index (χ1) is 13.7. The highest BCUT2D eigenvalue weighted by atomic mass is 32.2. The lowest BCUT2D eigenvalue weighted by molar-refractivity contribution is -0.113. The van der Waals surface area contributed by atoms with E-state index in [2.05, 4.69) is 37.1 Å². The Balaban J connectivity index is 1.32. The quantitative estimate of drug-likeness (QED) is 0.729. The largest absolute Gasteiger partial charge is 0.372 e. The molecule has 1 aromatic heterocycles. The third-order valence-corrected chi connectivity index (χ3v) is 6.67. The molecule has 6 nitrogen and oxygen atoms in total. The van der Waals surface area contributed by atoms with Crippen LogP contribution in [0, 0.1) is 6.92 Å². The summed E-state index contributed by atoms with van der Waals surface area (Å²) < 4.78 is 2.24. The molecule has 1 amide bonds. The van der Waals surface area contributed by atoms with Gasteiger partial charge in [-0.3, -0.25) is 4.79 Å². The number of carbonyl (C=O) groups excluding carboxylic acids is 1. The van der Waals surface area contributed by atoms with Gasteiger partial charge in [0.05, 0.1) is 5.75 Å². The summed E-state index contributed by atoms with van der Waals surface area (Å²) in [4.78, 5) is 14.8. The number of nitrogens with one attached hydrogen (secondary N) is 1. The fourth-order valence-corrected chi connectivity index (χ4v) is 5.12. The SMILES string of the molecule is Cc1nnc(SCC(=O)Nc2ccc(N3CCCC3)cc2)n1C1CCCCC1. The fourth-order valence-electron chi connectivity index (χ4n) is 4.27. The normalized spacial score (nSPS) is 17.8. The predicted octanol–water partition coefficient (Wildman–Crippen LogP) is 4.42. The van der Waals surface area contributed by atoms with Crippen molar-refractivity contribution in [3.05, 3.63) is 30.1 Å². The van der Waals surface area contributed by atoms with E-state index >= 15 is 0 Å². The molecule has 0 unspecified atom stereocenters. The number of benzene rings is 1. The Morgan fingerprint density at radius 3 is 2.50 bits per heavy atom. The average Bonchev–Trinajstić information content (AvgIpc) is 3.38. The van der Waals surface area contributed by atoms with Gasteiger partial charge in [0.25, 0.3) is 0 Å². The van der Waals surface area contributed by atoms with E-state index in [9.17, 15) is 4.79 Å². The summed E-state index contributed by atoms with van der Waals surface area (Å²) in [6, 6.07) is 8.65. The molecule has 1 N–H and O–H groups in total. The van der Waals surface area contributed by atoms with Crippen molar-refractivity contribution in [3.8, 4) is 0 Å². The summed E-state index contributed by atoms with van der Waals surface area (Å²) in [6.45, 7) is 4.26. The fraction of sp³-hybridized carbons (Fsp3) is 0.571. The number of thioether (sulfide) groups is 1. The number of amides is 1. The standard InChI is InChI=1S/C21H29N5OS/c1-16-23-24-21(26(16)19-7-3-2-4-8-19)28-15-20(27)22-17-9-11-18(12-10-17)25-13-5-6-14-25/h9-12,19H,2-8,13-15H2,1H3,(H,22,27). The molecule has 2 aromatic rings. The second-order valence-electron chi connectivity index (χ2n) is 7.77. The first-order valence-corrected chi connectivity index (χ1v) is 11.4. The van der Waals surface area contributed by atoms with E-state index in [1.165, 1.54) is 62.4 Å². The molecular weight excluding hydrogens is 370 g/mol. The summed E-state index contributed by atoms with van der Waals surface area (Å²) in [5, 5.41) is 12.4. The summed E-state index contributed by atoms with van der Waals surface area (Å²) in [5.74, 6) is 1.29.